The molecule has 0 bridgehead atoms. The zero-order valence-corrected chi connectivity index (χ0v) is 17.0. The van der Waals surface area contributed by atoms with Gasteiger partial charge in [0, 0.05) is 0 Å². The third kappa shape index (κ3) is 4.59. The molecule has 0 saturated carbocycles. The summed E-state index contributed by atoms with van der Waals surface area (Å²) < 4.78 is 1.55. The molecule has 1 aromatic heterocycles. The first-order valence-electron chi connectivity index (χ1n) is 9.72. The highest BCUT2D eigenvalue weighted by molar-refractivity contribution is 7.99. The normalized spacial score (nSPS) is 14.2. The molecule has 2 N–H and O–H groups in total. The zero-order valence-electron chi connectivity index (χ0n) is 16.2. The fraction of sp³-hybridized carbons (Fsp3) is 0.333. The second-order valence-electron chi connectivity index (χ2n) is 7.20. The van der Waals surface area contributed by atoms with Crippen molar-refractivity contribution in [1.82, 2.24) is 25.5 Å². The van der Waals surface area contributed by atoms with Crippen LogP contribution in [-0.4, -0.2) is 37.0 Å². The van der Waals surface area contributed by atoms with Crippen LogP contribution in [-0.2, 0) is 17.6 Å². The van der Waals surface area contributed by atoms with Crippen LogP contribution in [0, 0.1) is 0 Å². The van der Waals surface area contributed by atoms with Crippen LogP contribution in [0.2, 0.25) is 0 Å². The van der Waals surface area contributed by atoms with Crippen LogP contribution in [0.1, 0.15) is 42.5 Å². The number of tetrazole rings is 1. The van der Waals surface area contributed by atoms with Crippen molar-refractivity contribution in [3.8, 4) is 11.4 Å². The summed E-state index contributed by atoms with van der Waals surface area (Å²) in [5, 5.41) is 24.7. The van der Waals surface area contributed by atoms with Crippen molar-refractivity contribution >= 4 is 17.7 Å². The van der Waals surface area contributed by atoms with Gasteiger partial charge in [-0.3, -0.25) is 4.79 Å². The molecule has 0 fully saturated rings. The number of benzene rings is 2. The quantitative estimate of drug-likeness (QED) is 0.607. The van der Waals surface area contributed by atoms with Gasteiger partial charge < -0.3 is 10.4 Å². The Morgan fingerprint density at radius 2 is 1.93 bits per heavy atom. The van der Waals surface area contributed by atoms with Gasteiger partial charge in [-0.25, -0.2) is 0 Å². The number of aromatic nitrogens is 4. The van der Waals surface area contributed by atoms with Crippen LogP contribution < -0.4 is 5.32 Å². The number of aromatic hydroxyl groups is 1. The van der Waals surface area contributed by atoms with Gasteiger partial charge in [0.2, 0.25) is 11.1 Å². The average Bonchev–Trinajstić information content (AvgIpc) is 3.21. The number of phenols is 1. The third-order valence-electron chi connectivity index (χ3n) is 5.12. The van der Waals surface area contributed by atoms with E-state index in [0.29, 0.717) is 5.16 Å². The Morgan fingerprint density at radius 3 is 2.72 bits per heavy atom. The Bertz CT molecular complexity index is 1000. The highest BCUT2D eigenvalue weighted by Gasteiger charge is 2.16. The van der Waals surface area contributed by atoms with Crippen molar-refractivity contribution in [3.05, 3.63) is 59.2 Å². The van der Waals surface area contributed by atoms with E-state index >= 15 is 0 Å². The Labute approximate surface area is 173 Å². The van der Waals surface area contributed by atoms with E-state index in [-0.39, 0.29) is 23.5 Å². The van der Waals surface area contributed by atoms with E-state index in [1.165, 1.54) is 35.7 Å². The van der Waals surface area contributed by atoms with E-state index < -0.39 is 0 Å². The summed E-state index contributed by atoms with van der Waals surface area (Å²) in [5.41, 5.74) is 4.71. The van der Waals surface area contributed by atoms with Crippen molar-refractivity contribution in [2.45, 2.75) is 43.8 Å². The molecule has 4 rings (SSSR count). The van der Waals surface area contributed by atoms with Gasteiger partial charge in [0.25, 0.3) is 0 Å². The summed E-state index contributed by atoms with van der Waals surface area (Å²) in [7, 11) is 0. The number of rotatable bonds is 6. The minimum absolute atomic E-state index is 0.0524. The largest absolute Gasteiger partial charge is 0.508 e. The van der Waals surface area contributed by atoms with Gasteiger partial charge in [0.1, 0.15) is 5.75 Å². The van der Waals surface area contributed by atoms with Crippen molar-refractivity contribution in [3.63, 3.8) is 0 Å². The molecule has 8 heteroatoms. The van der Waals surface area contributed by atoms with Gasteiger partial charge in [-0.15, -0.1) is 5.10 Å². The highest BCUT2D eigenvalue weighted by atomic mass is 32.2. The van der Waals surface area contributed by atoms with Crippen molar-refractivity contribution in [1.29, 1.82) is 0 Å². The number of aryl methyl sites for hydroxylation is 2. The number of carbonyl (C=O) groups is 1. The molecule has 3 aromatic rings. The van der Waals surface area contributed by atoms with E-state index in [0.717, 1.165) is 24.1 Å². The van der Waals surface area contributed by atoms with Gasteiger partial charge in [-0.05, 0) is 84.0 Å². The number of thioether (sulfide) groups is 1. The molecule has 1 aliphatic rings. The lowest BCUT2D eigenvalue weighted by Crippen LogP contribution is -2.28. The van der Waals surface area contributed by atoms with Crippen LogP contribution in [0.5, 0.6) is 5.75 Å². The van der Waals surface area contributed by atoms with E-state index in [2.05, 4.69) is 39.0 Å². The van der Waals surface area contributed by atoms with Gasteiger partial charge in [0.15, 0.2) is 0 Å². The first-order valence-corrected chi connectivity index (χ1v) is 10.7. The summed E-state index contributed by atoms with van der Waals surface area (Å²) >= 11 is 1.27. The van der Waals surface area contributed by atoms with Gasteiger partial charge in [-0.2, -0.15) is 4.68 Å². The fourth-order valence-electron chi connectivity index (χ4n) is 3.54. The first-order chi connectivity index (χ1) is 14.1. The first kappa shape index (κ1) is 19.4. The Morgan fingerprint density at radius 1 is 1.17 bits per heavy atom. The van der Waals surface area contributed by atoms with Gasteiger partial charge in [-0.1, -0.05) is 30.0 Å². The molecule has 0 saturated heterocycles. The SMILES string of the molecule is C[C@@H](NC(=O)CSc1nnnn1-c1ccc(O)cc1)c1ccc2c(c1)CCCC2. The monoisotopic (exact) mass is 409 g/mol. The Kier molecular flexibility index (Phi) is 5.80. The number of nitrogens with zero attached hydrogens (tertiary/aromatic N) is 4. The van der Waals surface area contributed by atoms with Crippen LogP contribution >= 0.6 is 11.8 Å². The third-order valence-corrected chi connectivity index (χ3v) is 6.04. The van der Waals surface area contributed by atoms with Crippen LogP contribution in [0.4, 0.5) is 0 Å². The average molecular weight is 410 g/mol. The number of phenolic OH excluding ortho intramolecular Hbond substituents is 1. The molecule has 0 unspecified atom stereocenters. The molecular formula is C21H23N5O2S. The zero-order chi connectivity index (χ0) is 20.2. The number of fused-ring (bicyclic) bond motifs is 1. The van der Waals surface area contributed by atoms with E-state index in [4.69, 9.17) is 0 Å². The molecule has 2 aromatic carbocycles. The molecule has 1 atom stereocenters. The smallest absolute Gasteiger partial charge is 0.230 e. The number of nitrogens with one attached hydrogen (secondary N) is 1. The molecule has 1 heterocycles. The molecule has 1 amide bonds. The topological polar surface area (TPSA) is 92.9 Å². The summed E-state index contributed by atoms with van der Waals surface area (Å²) in [6, 6.07) is 13.1. The fourth-order valence-corrected chi connectivity index (χ4v) is 4.25. The number of carbonyl (C=O) groups excluding carboxylic acids is 1. The maximum Gasteiger partial charge on any atom is 0.230 e. The predicted octanol–water partition coefficient (Wildman–Crippen LogP) is 3.22. The van der Waals surface area contributed by atoms with E-state index in [1.54, 1.807) is 28.9 Å². The van der Waals surface area contributed by atoms with Gasteiger partial charge in [0.05, 0.1) is 17.5 Å². The summed E-state index contributed by atoms with van der Waals surface area (Å²) in [4.78, 5) is 12.5. The molecule has 0 aliphatic heterocycles. The van der Waals surface area contributed by atoms with Crippen molar-refractivity contribution in [2.75, 3.05) is 5.75 Å². The molecule has 150 valence electrons. The van der Waals surface area contributed by atoms with E-state index in [9.17, 15) is 9.90 Å². The lowest BCUT2D eigenvalue weighted by molar-refractivity contribution is -0.119. The van der Waals surface area contributed by atoms with Gasteiger partial charge >= 0.3 is 0 Å². The molecule has 1 aliphatic carbocycles. The lowest BCUT2D eigenvalue weighted by atomic mass is 9.89. The molecule has 29 heavy (non-hydrogen) atoms. The molecule has 0 radical (unpaired) electrons. The second kappa shape index (κ2) is 8.65. The maximum atomic E-state index is 12.5. The summed E-state index contributed by atoms with van der Waals surface area (Å²) in [6.45, 7) is 2.01. The van der Waals surface area contributed by atoms with Crippen molar-refractivity contribution in [2.24, 2.45) is 0 Å². The molecule has 7 nitrogen and oxygen atoms in total. The Hall–Kier alpha value is -2.87. The maximum absolute atomic E-state index is 12.5. The van der Waals surface area contributed by atoms with E-state index in [1.807, 2.05) is 6.92 Å². The molecular weight excluding hydrogens is 386 g/mol. The Balaban J connectivity index is 1.36. The van der Waals surface area contributed by atoms with Crippen LogP contribution in [0.25, 0.3) is 5.69 Å². The standard InChI is InChI=1S/C21H23N5O2S/c1-14(16-7-6-15-4-2-3-5-17(15)12-16)22-20(28)13-29-21-23-24-25-26(21)18-8-10-19(27)11-9-18/h6-12,14,27H,2-5,13H2,1H3,(H,22,28)/t14-/m1/s1. The molecule has 0 spiro atoms. The highest BCUT2D eigenvalue weighted by Crippen LogP contribution is 2.25. The minimum atomic E-state index is -0.0690. The van der Waals surface area contributed by atoms with Crippen LogP contribution in [0.3, 0.4) is 0 Å². The lowest BCUT2D eigenvalue weighted by Gasteiger charge is -2.20. The minimum Gasteiger partial charge on any atom is -0.508 e. The predicted molar refractivity (Wildman–Crippen MR) is 111 cm³/mol. The van der Waals surface area contributed by atoms with Crippen LogP contribution in [0.15, 0.2) is 47.6 Å². The summed E-state index contributed by atoms with van der Waals surface area (Å²) in [6.07, 6.45) is 4.78. The number of hydrogen-bond donors (Lipinski definition) is 2. The number of amides is 1. The second-order valence-corrected chi connectivity index (χ2v) is 8.15. The summed E-state index contributed by atoms with van der Waals surface area (Å²) in [5.74, 6) is 0.320. The number of hydrogen-bond acceptors (Lipinski definition) is 6. The van der Waals surface area contributed by atoms with Crippen molar-refractivity contribution < 1.29 is 9.90 Å².